The van der Waals surface area contributed by atoms with E-state index in [-0.39, 0.29) is 23.7 Å². The summed E-state index contributed by atoms with van der Waals surface area (Å²) in [5, 5.41) is 0.860. The third kappa shape index (κ3) is 4.79. The van der Waals surface area contributed by atoms with Crippen LogP contribution in [0.25, 0.3) is 17.0 Å². The number of hydrogen-bond acceptors (Lipinski definition) is 4. The minimum absolute atomic E-state index is 0.0398. The Morgan fingerprint density at radius 1 is 1.26 bits per heavy atom. The molecule has 1 aromatic heterocycles. The molecule has 0 bridgehead atoms. The summed E-state index contributed by atoms with van der Waals surface area (Å²) in [6, 6.07) is 6.69. The third-order valence-electron chi connectivity index (χ3n) is 5.98. The molecule has 0 spiro atoms. The number of nitrogens with zero attached hydrogens (tertiary/aromatic N) is 1. The van der Waals surface area contributed by atoms with E-state index in [1.54, 1.807) is 11.0 Å². The molecule has 4 nitrogen and oxygen atoms in total. The smallest absolute Gasteiger partial charge is 0.330 e. The molecule has 0 radical (unpaired) electrons. The molecule has 0 saturated carbocycles. The molecule has 1 aliphatic heterocycles. The van der Waals surface area contributed by atoms with E-state index in [1.165, 1.54) is 27.0 Å². The first kappa shape index (κ1) is 24.5. The van der Waals surface area contributed by atoms with Crippen LogP contribution >= 0.6 is 15.9 Å². The highest BCUT2D eigenvalue weighted by Gasteiger charge is 2.42. The van der Waals surface area contributed by atoms with E-state index >= 15 is 8.78 Å². The van der Waals surface area contributed by atoms with Gasteiger partial charge in [0.25, 0.3) is 0 Å². The summed E-state index contributed by atoms with van der Waals surface area (Å²) in [6.07, 6.45) is 2.91. The zero-order valence-corrected chi connectivity index (χ0v) is 20.9. The van der Waals surface area contributed by atoms with Gasteiger partial charge in [-0.3, -0.25) is 4.90 Å². The van der Waals surface area contributed by atoms with Crippen molar-refractivity contribution in [2.24, 2.45) is 0 Å². The maximum atomic E-state index is 15.5. The number of halogens is 4. The number of hydrogen-bond donors (Lipinski definition) is 0. The number of esters is 1. The number of methoxy groups -OCH3 is 1. The molecule has 3 aromatic rings. The number of furan rings is 1. The fourth-order valence-corrected chi connectivity index (χ4v) is 4.92. The van der Waals surface area contributed by atoms with Gasteiger partial charge in [0.1, 0.15) is 34.7 Å². The third-order valence-corrected chi connectivity index (χ3v) is 6.47. The summed E-state index contributed by atoms with van der Waals surface area (Å²) < 4.78 is 57.3. The van der Waals surface area contributed by atoms with Gasteiger partial charge < -0.3 is 9.15 Å². The summed E-state index contributed by atoms with van der Waals surface area (Å²) in [5.41, 5.74) is -0.195. The van der Waals surface area contributed by atoms with Crippen molar-refractivity contribution in [3.8, 4) is 0 Å². The van der Waals surface area contributed by atoms with Crippen molar-refractivity contribution in [3.63, 3.8) is 0 Å². The van der Waals surface area contributed by atoms with Crippen LogP contribution in [0.1, 0.15) is 49.3 Å². The van der Waals surface area contributed by atoms with Gasteiger partial charge in [-0.2, -0.15) is 0 Å². The monoisotopic (exact) mass is 535 g/mol. The molecule has 0 fully saturated rings. The van der Waals surface area contributed by atoms with Crippen LogP contribution in [-0.4, -0.2) is 36.2 Å². The number of carbonyl (C=O) groups is 1. The van der Waals surface area contributed by atoms with Crippen molar-refractivity contribution in [2.75, 3.05) is 13.7 Å². The predicted octanol–water partition coefficient (Wildman–Crippen LogP) is 6.74. The molecule has 2 atom stereocenters. The van der Waals surface area contributed by atoms with Crippen molar-refractivity contribution in [2.45, 2.75) is 44.9 Å². The van der Waals surface area contributed by atoms with Gasteiger partial charge in [-0.05, 0) is 69.2 Å². The zero-order chi connectivity index (χ0) is 24.8. The van der Waals surface area contributed by atoms with E-state index in [9.17, 15) is 9.18 Å². The van der Waals surface area contributed by atoms with Crippen LogP contribution in [0.2, 0.25) is 0 Å². The second kappa shape index (κ2) is 9.23. The van der Waals surface area contributed by atoms with Gasteiger partial charge in [-0.25, -0.2) is 18.0 Å². The molecule has 34 heavy (non-hydrogen) atoms. The molecule has 0 saturated heterocycles. The van der Waals surface area contributed by atoms with Gasteiger partial charge in [0.15, 0.2) is 0 Å². The van der Waals surface area contributed by atoms with Crippen LogP contribution in [-0.2, 0) is 16.0 Å². The molecule has 4 rings (SSSR count). The number of fused-ring (bicyclic) bond motifs is 3. The van der Waals surface area contributed by atoms with E-state index in [4.69, 9.17) is 4.42 Å². The Morgan fingerprint density at radius 3 is 2.56 bits per heavy atom. The van der Waals surface area contributed by atoms with Crippen LogP contribution < -0.4 is 0 Å². The Labute approximate surface area is 204 Å². The topological polar surface area (TPSA) is 42.7 Å². The Bertz CT molecular complexity index is 1260. The molecule has 1 aliphatic rings. The average Bonchev–Trinajstić information content (AvgIpc) is 3.09. The van der Waals surface area contributed by atoms with Crippen LogP contribution in [0.5, 0.6) is 0 Å². The highest BCUT2D eigenvalue weighted by atomic mass is 79.9. The first-order valence-electron chi connectivity index (χ1n) is 10.9. The number of ether oxygens (including phenoxy) is 1. The van der Waals surface area contributed by atoms with Crippen LogP contribution in [0.15, 0.2) is 45.3 Å². The van der Waals surface area contributed by atoms with Crippen molar-refractivity contribution in [1.29, 1.82) is 0 Å². The first-order valence-corrected chi connectivity index (χ1v) is 11.7. The molecule has 2 aromatic carbocycles. The summed E-state index contributed by atoms with van der Waals surface area (Å²) in [5.74, 6) is -1.85. The summed E-state index contributed by atoms with van der Waals surface area (Å²) in [6.45, 7) is 4.76. The van der Waals surface area contributed by atoms with Gasteiger partial charge in [-0.15, -0.1) is 0 Å². The largest absolute Gasteiger partial charge is 0.466 e. The summed E-state index contributed by atoms with van der Waals surface area (Å²) in [7, 11) is 1.21. The maximum absolute atomic E-state index is 15.5. The quantitative estimate of drug-likeness (QED) is 0.268. The molecular weight excluding hydrogens is 511 g/mol. The van der Waals surface area contributed by atoms with Crippen LogP contribution in [0, 0.1) is 11.6 Å². The Balaban J connectivity index is 1.90. The fraction of sp³-hybridized carbons (Fsp3) is 0.346. The molecule has 0 amide bonds. The summed E-state index contributed by atoms with van der Waals surface area (Å²) >= 11 is 3.47. The standard InChI is InChI=1S/C26H25BrF3NO3/c1-14-9-18-17-12-16(27)6-7-21(17)34-25(18)24(31(14)13-26(2,3)30)23-19(28)10-15(11-20(23)29)5-8-22(32)33-4/h5-8,10-12,14,24H,9,13H2,1-4H3/b8-5+/t14-,24-/m0/s1. The molecular formula is C26H25BrF3NO3. The van der Waals surface area contributed by atoms with Crippen molar-refractivity contribution >= 4 is 38.9 Å². The van der Waals surface area contributed by atoms with Gasteiger partial charge in [0, 0.05) is 39.6 Å². The minimum Gasteiger partial charge on any atom is -0.466 e. The number of benzene rings is 2. The lowest BCUT2D eigenvalue weighted by Crippen LogP contribution is -2.48. The van der Waals surface area contributed by atoms with E-state index in [2.05, 4.69) is 20.7 Å². The molecule has 8 heteroatoms. The first-order chi connectivity index (χ1) is 16.0. The highest BCUT2D eigenvalue weighted by Crippen LogP contribution is 2.45. The second-order valence-corrected chi connectivity index (χ2v) is 10.1. The number of rotatable bonds is 5. The molecule has 2 heterocycles. The SMILES string of the molecule is COC(=O)/C=C/c1cc(F)c([C@H]2c3oc4ccc(Br)cc4c3C[C@H](C)N2CC(C)(C)F)c(F)c1. The van der Waals surface area contributed by atoms with Crippen molar-refractivity contribution in [1.82, 2.24) is 4.90 Å². The van der Waals surface area contributed by atoms with E-state index < -0.39 is 29.3 Å². The van der Waals surface area contributed by atoms with E-state index in [0.29, 0.717) is 17.8 Å². The predicted molar refractivity (Wildman–Crippen MR) is 128 cm³/mol. The zero-order valence-electron chi connectivity index (χ0n) is 19.3. The molecule has 0 N–H and O–H groups in total. The van der Waals surface area contributed by atoms with Gasteiger partial charge in [0.05, 0.1) is 7.11 Å². The van der Waals surface area contributed by atoms with E-state index in [0.717, 1.165) is 33.6 Å². The second-order valence-electron chi connectivity index (χ2n) is 9.19. The van der Waals surface area contributed by atoms with Gasteiger partial charge in [-0.1, -0.05) is 15.9 Å². The molecule has 0 aliphatic carbocycles. The lowest BCUT2D eigenvalue weighted by molar-refractivity contribution is -0.134. The maximum Gasteiger partial charge on any atom is 0.330 e. The Hall–Kier alpha value is -2.58. The highest BCUT2D eigenvalue weighted by molar-refractivity contribution is 9.10. The van der Waals surface area contributed by atoms with Gasteiger partial charge >= 0.3 is 5.97 Å². The van der Waals surface area contributed by atoms with Gasteiger partial charge in [0.2, 0.25) is 0 Å². The fourth-order valence-electron chi connectivity index (χ4n) is 4.56. The van der Waals surface area contributed by atoms with Crippen molar-refractivity contribution in [3.05, 3.63) is 75.0 Å². The normalized spacial score (nSPS) is 19.1. The number of alkyl halides is 1. The lowest BCUT2D eigenvalue weighted by Gasteiger charge is -2.42. The van der Waals surface area contributed by atoms with Crippen molar-refractivity contribution < 1.29 is 27.1 Å². The average molecular weight is 536 g/mol. The molecule has 0 unspecified atom stereocenters. The molecule has 180 valence electrons. The number of carbonyl (C=O) groups excluding carboxylic acids is 1. The minimum atomic E-state index is -1.60. The van der Waals surface area contributed by atoms with Crippen LogP contribution in [0.4, 0.5) is 13.2 Å². The van der Waals surface area contributed by atoms with E-state index in [1.807, 2.05) is 19.1 Å². The Kier molecular flexibility index (Phi) is 6.66. The lowest BCUT2D eigenvalue weighted by atomic mass is 9.87. The summed E-state index contributed by atoms with van der Waals surface area (Å²) in [4.78, 5) is 13.1. The van der Waals surface area contributed by atoms with Crippen LogP contribution in [0.3, 0.4) is 0 Å². The Morgan fingerprint density at radius 2 is 1.94 bits per heavy atom.